The summed E-state index contributed by atoms with van der Waals surface area (Å²) < 4.78 is 0. The molecule has 0 spiro atoms. The van der Waals surface area contributed by atoms with Crippen LogP contribution in [0.1, 0.15) is 44.0 Å². The van der Waals surface area contributed by atoms with Crippen LogP contribution >= 0.6 is 11.6 Å². The molecule has 0 bridgehead atoms. The SMILES string of the molecule is O=C(O)c1ccc(CNC(=O)c2c3c(nc4ccc(Cl)cc24)CCC3)cc1. The van der Waals surface area contributed by atoms with Crippen LogP contribution < -0.4 is 5.32 Å². The van der Waals surface area contributed by atoms with Crippen molar-refractivity contribution in [1.29, 1.82) is 0 Å². The van der Waals surface area contributed by atoms with E-state index in [-0.39, 0.29) is 11.5 Å². The van der Waals surface area contributed by atoms with Crippen molar-refractivity contribution in [3.8, 4) is 0 Å². The van der Waals surface area contributed by atoms with Crippen molar-refractivity contribution in [3.63, 3.8) is 0 Å². The lowest BCUT2D eigenvalue weighted by atomic mass is 10.0. The number of aromatic carboxylic acids is 1. The first-order valence-corrected chi connectivity index (χ1v) is 9.12. The maximum Gasteiger partial charge on any atom is 0.335 e. The van der Waals surface area contributed by atoms with Crippen molar-refractivity contribution >= 4 is 34.4 Å². The number of hydrogen-bond acceptors (Lipinski definition) is 3. The summed E-state index contributed by atoms with van der Waals surface area (Å²) in [6, 6.07) is 11.9. The third-order valence-corrected chi connectivity index (χ3v) is 5.09. The quantitative estimate of drug-likeness (QED) is 0.716. The van der Waals surface area contributed by atoms with E-state index in [1.54, 1.807) is 24.3 Å². The van der Waals surface area contributed by atoms with Crippen LogP contribution in [0.4, 0.5) is 0 Å². The molecule has 0 fully saturated rings. The molecule has 2 N–H and O–H groups in total. The van der Waals surface area contributed by atoms with E-state index in [0.717, 1.165) is 47.0 Å². The van der Waals surface area contributed by atoms with Crippen LogP contribution in [0.3, 0.4) is 0 Å². The summed E-state index contributed by atoms with van der Waals surface area (Å²) in [7, 11) is 0. The number of nitrogens with zero attached hydrogens (tertiary/aromatic N) is 1. The molecule has 0 unspecified atom stereocenters. The highest BCUT2D eigenvalue weighted by molar-refractivity contribution is 6.31. The lowest BCUT2D eigenvalue weighted by molar-refractivity contribution is 0.0696. The molecule has 27 heavy (non-hydrogen) atoms. The molecule has 0 radical (unpaired) electrons. The van der Waals surface area contributed by atoms with Gasteiger partial charge in [0.1, 0.15) is 0 Å². The molecule has 6 heteroatoms. The highest BCUT2D eigenvalue weighted by atomic mass is 35.5. The first-order chi connectivity index (χ1) is 13.0. The second-order valence-electron chi connectivity index (χ2n) is 6.61. The van der Waals surface area contributed by atoms with E-state index >= 15 is 0 Å². The smallest absolute Gasteiger partial charge is 0.335 e. The molecular weight excluding hydrogens is 364 g/mol. The Labute approximate surface area is 161 Å². The van der Waals surface area contributed by atoms with E-state index in [1.165, 1.54) is 12.1 Å². The number of hydrogen-bond donors (Lipinski definition) is 2. The van der Waals surface area contributed by atoms with Gasteiger partial charge < -0.3 is 10.4 Å². The van der Waals surface area contributed by atoms with Crippen molar-refractivity contribution < 1.29 is 14.7 Å². The zero-order valence-electron chi connectivity index (χ0n) is 14.5. The molecule has 4 rings (SSSR count). The van der Waals surface area contributed by atoms with Gasteiger partial charge in [-0.2, -0.15) is 0 Å². The fourth-order valence-corrected chi connectivity index (χ4v) is 3.70. The minimum Gasteiger partial charge on any atom is -0.478 e. The second-order valence-corrected chi connectivity index (χ2v) is 7.05. The maximum atomic E-state index is 13.0. The number of benzene rings is 2. The molecule has 1 amide bonds. The highest BCUT2D eigenvalue weighted by Gasteiger charge is 2.23. The molecule has 2 aromatic carbocycles. The van der Waals surface area contributed by atoms with Gasteiger partial charge in [0.05, 0.1) is 16.6 Å². The molecule has 1 heterocycles. The van der Waals surface area contributed by atoms with E-state index in [4.69, 9.17) is 21.7 Å². The van der Waals surface area contributed by atoms with Crippen molar-refractivity contribution in [2.75, 3.05) is 0 Å². The summed E-state index contributed by atoms with van der Waals surface area (Å²) in [6.45, 7) is 0.317. The number of amides is 1. The summed E-state index contributed by atoms with van der Waals surface area (Å²) in [5.74, 6) is -1.13. The zero-order chi connectivity index (χ0) is 19.0. The number of carboxylic acids is 1. The number of halogens is 1. The minimum absolute atomic E-state index is 0.162. The molecule has 5 nitrogen and oxygen atoms in total. The number of carboxylic acid groups (broad SMARTS) is 1. The van der Waals surface area contributed by atoms with Crippen LogP contribution in [-0.4, -0.2) is 22.0 Å². The third kappa shape index (κ3) is 3.38. The fourth-order valence-electron chi connectivity index (χ4n) is 3.53. The van der Waals surface area contributed by atoms with Crippen molar-refractivity contribution in [2.45, 2.75) is 25.8 Å². The van der Waals surface area contributed by atoms with E-state index in [1.807, 2.05) is 6.07 Å². The van der Waals surface area contributed by atoms with Crippen molar-refractivity contribution in [2.24, 2.45) is 0 Å². The van der Waals surface area contributed by atoms with E-state index in [0.29, 0.717) is 17.1 Å². The van der Waals surface area contributed by atoms with Gasteiger partial charge in [-0.25, -0.2) is 4.79 Å². The molecule has 1 aliphatic carbocycles. The number of aromatic nitrogens is 1. The molecule has 3 aromatic rings. The summed E-state index contributed by atoms with van der Waals surface area (Å²) in [4.78, 5) is 28.6. The van der Waals surface area contributed by atoms with Gasteiger partial charge >= 0.3 is 5.97 Å². The van der Waals surface area contributed by atoms with Crippen LogP contribution in [0.2, 0.25) is 5.02 Å². The van der Waals surface area contributed by atoms with Gasteiger partial charge in [0, 0.05) is 22.6 Å². The Balaban J connectivity index is 1.64. The Bertz CT molecular complexity index is 1060. The normalized spacial score (nSPS) is 12.8. The number of nitrogens with one attached hydrogen (secondary N) is 1. The summed E-state index contributed by atoms with van der Waals surface area (Å²) in [5.41, 5.74) is 4.47. The molecule has 136 valence electrons. The van der Waals surface area contributed by atoms with Crippen molar-refractivity contribution in [3.05, 3.63) is 75.4 Å². The first kappa shape index (κ1) is 17.5. The van der Waals surface area contributed by atoms with Gasteiger partial charge in [-0.15, -0.1) is 0 Å². The monoisotopic (exact) mass is 380 g/mol. The lowest BCUT2D eigenvalue weighted by Crippen LogP contribution is -2.24. The molecule has 1 aliphatic rings. The summed E-state index contributed by atoms with van der Waals surface area (Å²) >= 11 is 6.15. The third-order valence-electron chi connectivity index (χ3n) is 4.85. The van der Waals surface area contributed by atoms with Gasteiger partial charge in [-0.3, -0.25) is 9.78 Å². The Kier molecular flexibility index (Phi) is 4.54. The predicted octanol–water partition coefficient (Wildman–Crippen LogP) is 4.01. The van der Waals surface area contributed by atoms with Crippen LogP contribution in [0.5, 0.6) is 0 Å². The number of carbonyl (C=O) groups excluding carboxylic acids is 1. The number of aryl methyl sites for hydroxylation is 1. The Morgan fingerprint density at radius 2 is 1.89 bits per heavy atom. The Morgan fingerprint density at radius 3 is 2.63 bits per heavy atom. The zero-order valence-corrected chi connectivity index (χ0v) is 15.2. The molecule has 0 saturated heterocycles. The number of rotatable bonds is 4. The van der Waals surface area contributed by atoms with Crippen LogP contribution in [0, 0.1) is 0 Å². The number of pyridine rings is 1. The Hall–Kier alpha value is -2.92. The van der Waals surface area contributed by atoms with Gasteiger partial charge in [0.2, 0.25) is 0 Å². The Morgan fingerprint density at radius 1 is 1.11 bits per heavy atom. The average Bonchev–Trinajstić information content (AvgIpc) is 3.12. The van der Waals surface area contributed by atoms with Crippen molar-refractivity contribution in [1.82, 2.24) is 10.3 Å². The van der Waals surface area contributed by atoms with Crippen LogP contribution in [-0.2, 0) is 19.4 Å². The lowest BCUT2D eigenvalue weighted by Gasteiger charge is -2.13. The summed E-state index contributed by atoms with van der Waals surface area (Å²) in [6.07, 6.45) is 2.70. The molecule has 1 aromatic heterocycles. The largest absolute Gasteiger partial charge is 0.478 e. The first-order valence-electron chi connectivity index (χ1n) is 8.74. The average molecular weight is 381 g/mol. The summed E-state index contributed by atoms with van der Waals surface area (Å²) in [5, 5.41) is 13.3. The van der Waals surface area contributed by atoms with Crippen LogP contribution in [0.25, 0.3) is 10.9 Å². The molecule has 0 atom stereocenters. The highest BCUT2D eigenvalue weighted by Crippen LogP contribution is 2.31. The van der Waals surface area contributed by atoms with Gasteiger partial charge in [-0.05, 0) is 60.7 Å². The fraction of sp³-hybridized carbons (Fsp3) is 0.190. The van der Waals surface area contributed by atoms with E-state index in [2.05, 4.69) is 5.32 Å². The van der Waals surface area contributed by atoms with Gasteiger partial charge in [0.25, 0.3) is 5.91 Å². The van der Waals surface area contributed by atoms with E-state index < -0.39 is 5.97 Å². The molecule has 0 aliphatic heterocycles. The van der Waals surface area contributed by atoms with Crippen LogP contribution in [0.15, 0.2) is 42.5 Å². The molecule has 0 saturated carbocycles. The number of fused-ring (bicyclic) bond motifs is 2. The number of carbonyl (C=O) groups is 2. The van der Waals surface area contributed by atoms with Gasteiger partial charge in [0.15, 0.2) is 0 Å². The minimum atomic E-state index is -0.971. The topological polar surface area (TPSA) is 79.3 Å². The second kappa shape index (κ2) is 7.00. The maximum absolute atomic E-state index is 13.0. The predicted molar refractivity (Wildman–Crippen MR) is 103 cm³/mol. The molecular formula is C21H17ClN2O3. The standard InChI is InChI=1S/C21H17ClN2O3/c22-14-8-9-18-16(10-14)19(15-2-1-3-17(15)24-18)20(25)23-11-12-4-6-13(7-5-12)21(26)27/h4-10H,1-3,11H2,(H,23,25)(H,26,27). The van der Waals surface area contributed by atoms with Gasteiger partial charge in [-0.1, -0.05) is 23.7 Å². The van der Waals surface area contributed by atoms with E-state index in [9.17, 15) is 9.59 Å².